The normalized spacial score (nSPS) is 12.3. The average molecular weight is 444 g/mol. The largest absolute Gasteiger partial charge is 0.339 e. The molecule has 0 atom stereocenters. The van der Waals surface area contributed by atoms with Gasteiger partial charge in [0.25, 0.3) is 5.91 Å². The Bertz CT molecular complexity index is 1300. The summed E-state index contributed by atoms with van der Waals surface area (Å²) in [6, 6.07) is 13.8. The number of carbonyl (C=O) groups is 1. The summed E-state index contributed by atoms with van der Waals surface area (Å²) < 4.78 is 0. The first-order valence-electron chi connectivity index (χ1n) is 10.00. The van der Waals surface area contributed by atoms with Crippen molar-refractivity contribution in [3.8, 4) is 0 Å². The van der Waals surface area contributed by atoms with Crippen LogP contribution in [-0.4, -0.2) is 25.8 Å². The van der Waals surface area contributed by atoms with Gasteiger partial charge in [-0.05, 0) is 54.3 Å². The van der Waals surface area contributed by atoms with E-state index in [2.05, 4.69) is 48.0 Å². The van der Waals surface area contributed by atoms with Crippen molar-refractivity contribution in [1.82, 2.24) is 19.9 Å². The highest BCUT2D eigenvalue weighted by Gasteiger charge is 2.14. The Balaban J connectivity index is 1.53. The van der Waals surface area contributed by atoms with E-state index in [4.69, 9.17) is 11.6 Å². The molecule has 1 aliphatic rings. The number of carbonyl (C=O) groups excluding carboxylic acids is 1. The molecule has 8 nitrogen and oxygen atoms in total. The molecule has 6 bridgehead atoms. The monoisotopic (exact) mass is 443 g/mol. The van der Waals surface area contributed by atoms with Crippen LogP contribution >= 0.6 is 11.6 Å². The highest BCUT2D eigenvalue weighted by Crippen LogP contribution is 2.29. The molecule has 2 aromatic heterocycles. The lowest BCUT2D eigenvalue weighted by Crippen LogP contribution is -2.15. The van der Waals surface area contributed by atoms with E-state index in [0.717, 1.165) is 28.9 Å². The summed E-state index contributed by atoms with van der Waals surface area (Å²) >= 11 is 6.32. The van der Waals surface area contributed by atoms with Gasteiger partial charge >= 0.3 is 0 Å². The molecule has 0 spiro atoms. The fourth-order valence-corrected chi connectivity index (χ4v) is 3.61. The Morgan fingerprint density at radius 2 is 1.88 bits per heavy atom. The van der Waals surface area contributed by atoms with Gasteiger partial charge in [-0.1, -0.05) is 23.7 Å². The first-order valence-corrected chi connectivity index (χ1v) is 10.4. The molecule has 5 rings (SSSR count). The van der Waals surface area contributed by atoms with Crippen LogP contribution in [0.3, 0.4) is 0 Å². The number of aryl methyl sites for hydroxylation is 2. The van der Waals surface area contributed by atoms with E-state index in [0.29, 0.717) is 28.9 Å². The van der Waals surface area contributed by atoms with E-state index < -0.39 is 0 Å². The number of rotatable bonds is 2. The number of anilines is 5. The van der Waals surface area contributed by atoms with Crippen molar-refractivity contribution >= 4 is 46.3 Å². The topological polar surface area (TPSA) is 105 Å². The molecule has 0 saturated carbocycles. The van der Waals surface area contributed by atoms with Crippen LogP contribution in [0.4, 0.5) is 28.8 Å². The van der Waals surface area contributed by atoms with Crippen molar-refractivity contribution in [3.05, 3.63) is 89.1 Å². The minimum atomic E-state index is -0.312. The van der Waals surface area contributed by atoms with Gasteiger partial charge in [-0.2, -0.15) is 4.98 Å². The summed E-state index contributed by atoms with van der Waals surface area (Å²) in [6.45, 7) is 0. The third kappa shape index (κ3) is 4.35. The van der Waals surface area contributed by atoms with Crippen molar-refractivity contribution in [2.24, 2.45) is 0 Å². The molecule has 0 radical (unpaired) electrons. The lowest BCUT2D eigenvalue weighted by Gasteiger charge is -2.14. The Hall–Kier alpha value is -4.04. The zero-order chi connectivity index (χ0) is 21.9. The fraction of sp³-hybridized carbons (Fsp3) is 0.0870. The zero-order valence-electron chi connectivity index (χ0n) is 16.8. The lowest BCUT2D eigenvalue weighted by atomic mass is 10.0. The van der Waals surface area contributed by atoms with Crippen LogP contribution < -0.4 is 16.0 Å². The predicted molar refractivity (Wildman–Crippen MR) is 124 cm³/mol. The molecule has 9 heteroatoms. The average Bonchev–Trinajstić information content (AvgIpc) is 2.82. The van der Waals surface area contributed by atoms with Crippen molar-refractivity contribution in [1.29, 1.82) is 0 Å². The van der Waals surface area contributed by atoms with Gasteiger partial charge in [0.15, 0.2) is 5.82 Å². The van der Waals surface area contributed by atoms with Crippen molar-refractivity contribution in [2.75, 3.05) is 16.0 Å². The Morgan fingerprint density at radius 1 is 0.969 bits per heavy atom. The second-order valence-corrected chi connectivity index (χ2v) is 7.66. The van der Waals surface area contributed by atoms with Gasteiger partial charge < -0.3 is 16.0 Å². The third-order valence-electron chi connectivity index (χ3n) is 5.02. The van der Waals surface area contributed by atoms with Crippen LogP contribution in [0.25, 0.3) is 0 Å². The number of aromatic nitrogens is 4. The number of benzene rings is 2. The van der Waals surface area contributed by atoms with Crippen LogP contribution in [0.2, 0.25) is 5.02 Å². The minimum Gasteiger partial charge on any atom is -0.339 e. The molecule has 0 fully saturated rings. The lowest BCUT2D eigenvalue weighted by molar-refractivity contribution is 0.102. The number of halogens is 1. The van der Waals surface area contributed by atoms with Crippen LogP contribution in [0.15, 0.2) is 67.3 Å². The molecule has 3 N–H and O–H groups in total. The molecule has 0 saturated heterocycles. The van der Waals surface area contributed by atoms with Crippen molar-refractivity contribution in [3.63, 3.8) is 0 Å². The molecule has 4 aromatic rings. The predicted octanol–water partition coefficient (Wildman–Crippen LogP) is 4.76. The third-order valence-corrected chi connectivity index (χ3v) is 5.30. The minimum absolute atomic E-state index is 0.255. The first kappa shape index (κ1) is 19.9. The Morgan fingerprint density at radius 3 is 2.75 bits per heavy atom. The van der Waals surface area contributed by atoms with Crippen LogP contribution in [0, 0.1) is 0 Å². The number of nitrogens with zero attached hydrogens (tertiary/aromatic N) is 4. The number of fused-ring (bicyclic) bond motifs is 6. The van der Waals surface area contributed by atoms with Crippen LogP contribution in [0.5, 0.6) is 0 Å². The maximum atomic E-state index is 12.6. The maximum Gasteiger partial charge on any atom is 0.275 e. The number of nitrogens with one attached hydrogen (secondary N) is 3. The summed E-state index contributed by atoms with van der Waals surface area (Å²) in [5.41, 5.74) is 4.77. The Labute approximate surface area is 189 Å². The molecule has 32 heavy (non-hydrogen) atoms. The zero-order valence-corrected chi connectivity index (χ0v) is 17.6. The van der Waals surface area contributed by atoms with Gasteiger partial charge in [-0.15, -0.1) is 0 Å². The maximum absolute atomic E-state index is 12.6. The van der Waals surface area contributed by atoms with Gasteiger partial charge in [-0.3, -0.25) is 9.78 Å². The van der Waals surface area contributed by atoms with E-state index >= 15 is 0 Å². The molecule has 3 heterocycles. The SMILES string of the molecule is O=C(Nc1ccc2cc1CCc1cccc(c1)Nc1ncc(Cl)c(n1)N2)c1cnccn1. The van der Waals surface area contributed by atoms with E-state index in [1.807, 2.05) is 30.3 Å². The van der Waals surface area contributed by atoms with Gasteiger partial charge in [0.2, 0.25) is 5.95 Å². The molecule has 2 aromatic carbocycles. The highest BCUT2D eigenvalue weighted by molar-refractivity contribution is 6.32. The van der Waals surface area contributed by atoms with Gasteiger partial charge in [0.1, 0.15) is 10.7 Å². The first-order chi connectivity index (χ1) is 15.6. The summed E-state index contributed by atoms with van der Waals surface area (Å²) in [7, 11) is 0. The molecular weight excluding hydrogens is 426 g/mol. The molecule has 1 amide bonds. The molecule has 158 valence electrons. The summed E-state index contributed by atoms with van der Waals surface area (Å²) in [6.07, 6.45) is 7.51. The summed E-state index contributed by atoms with van der Waals surface area (Å²) in [5, 5.41) is 9.83. The van der Waals surface area contributed by atoms with Crippen molar-refractivity contribution < 1.29 is 4.79 Å². The standard InChI is InChI=1S/C23H18ClN7O/c24-18-12-27-23-29-16-3-1-2-14(10-16)4-5-15-11-17(28-21(18)31-23)6-7-19(15)30-22(32)20-13-25-8-9-26-20/h1-3,6-13H,4-5H2,(H,30,32)(H2,27,28,29,31). The number of amides is 1. The van der Waals surface area contributed by atoms with E-state index in [9.17, 15) is 4.79 Å². The van der Waals surface area contributed by atoms with E-state index in [1.165, 1.54) is 18.6 Å². The smallest absolute Gasteiger partial charge is 0.275 e. The fourth-order valence-electron chi connectivity index (χ4n) is 3.47. The molecule has 0 aliphatic carbocycles. The van der Waals surface area contributed by atoms with Gasteiger partial charge in [-0.25, -0.2) is 9.97 Å². The molecule has 0 unspecified atom stereocenters. The number of hydrogen-bond donors (Lipinski definition) is 3. The number of hydrogen-bond acceptors (Lipinski definition) is 7. The highest BCUT2D eigenvalue weighted by atomic mass is 35.5. The molecule has 1 aliphatic heterocycles. The quantitative estimate of drug-likeness (QED) is 0.410. The summed E-state index contributed by atoms with van der Waals surface area (Å²) in [5.74, 6) is 0.621. The van der Waals surface area contributed by atoms with E-state index in [1.54, 1.807) is 6.20 Å². The van der Waals surface area contributed by atoms with Crippen LogP contribution in [-0.2, 0) is 12.8 Å². The second kappa shape index (κ2) is 8.60. The Kier molecular flexibility index (Phi) is 5.35. The second-order valence-electron chi connectivity index (χ2n) is 7.26. The van der Waals surface area contributed by atoms with Gasteiger partial charge in [0, 0.05) is 29.5 Å². The van der Waals surface area contributed by atoms with E-state index in [-0.39, 0.29) is 11.6 Å². The van der Waals surface area contributed by atoms with Crippen molar-refractivity contribution in [2.45, 2.75) is 12.8 Å². The molecular formula is C23H18ClN7O. The van der Waals surface area contributed by atoms with Crippen LogP contribution in [0.1, 0.15) is 21.6 Å². The van der Waals surface area contributed by atoms with Gasteiger partial charge in [0.05, 0.1) is 12.4 Å². The summed E-state index contributed by atoms with van der Waals surface area (Å²) in [4.78, 5) is 29.4.